The molecule has 0 aromatic heterocycles. The van der Waals surface area contributed by atoms with Crippen LogP contribution in [0.5, 0.6) is 0 Å². The maximum atomic E-state index is 12.1. The zero-order valence-electron chi connectivity index (χ0n) is 11.1. The van der Waals surface area contributed by atoms with Gasteiger partial charge in [0.05, 0.1) is 12.0 Å². The van der Waals surface area contributed by atoms with E-state index in [1.807, 2.05) is 13.8 Å². The van der Waals surface area contributed by atoms with Gasteiger partial charge in [-0.2, -0.15) is 0 Å². The Morgan fingerprint density at radius 1 is 1.50 bits per heavy atom. The summed E-state index contributed by atoms with van der Waals surface area (Å²) in [7, 11) is 0. The highest BCUT2D eigenvalue weighted by atomic mass is 79.9. The van der Waals surface area contributed by atoms with E-state index >= 15 is 0 Å². The number of halogens is 2. The van der Waals surface area contributed by atoms with Crippen LogP contribution in [-0.4, -0.2) is 27.9 Å². The zero-order chi connectivity index (χ0) is 15.0. The maximum Gasteiger partial charge on any atom is 0.309 e. The zero-order valence-corrected chi connectivity index (χ0v) is 13.5. The number of aliphatic carboxylic acids is 1. The molecule has 2 atom stereocenters. The monoisotopic (exact) mass is 359 g/mol. The highest BCUT2D eigenvalue weighted by Crippen LogP contribution is 2.42. The van der Waals surface area contributed by atoms with E-state index in [0.29, 0.717) is 5.02 Å². The van der Waals surface area contributed by atoms with E-state index in [1.54, 1.807) is 23.1 Å². The highest BCUT2D eigenvalue weighted by molar-refractivity contribution is 9.10. The lowest BCUT2D eigenvalue weighted by Gasteiger charge is -2.31. The average Bonchev–Trinajstić information content (AvgIpc) is 2.70. The van der Waals surface area contributed by atoms with Gasteiger partial charge in [0.25, 0.3) is 0 Å². The van der Waals surface area contributed by atoms with E-state index in [9.17, 15) is 14.7 Å². The number of likely N-dealkylation sites (tertiary alicyclic amines) is 1. The van der Waals surface area contributed by atoms with Crippen LogP contribution in [0, 0.1) is 5.92 Å². The van der Waals surface area contributed by atoms with E-state index in [4.69, 9.17) is 11.6 Å². The summed E-state index contributed by atoms with van der Waals surface area (Å²) >= 11 is 9.44. The van der Waals surface area contributed by atoms with E-state index in [-0.39, 0.29) is 18.4 Å². The fourth-order valence-electron chi connectivity index (χ4n) is 2.69. The standard InChI is InChI=1S/C14H15BrClNO3/c1-7(2)17-12(18)6-10(14(19)20)13(17)9-5-8(16)3-4-11(9)15/h3-5,7,10,13H,6H2,1-2H3,(H,19,20). The molecule has 2 unspecified atom stereocenters. The van der Waals surface area contributed by atoms with Crippen molar-refractivity contribution in [2.24, 2.45) is 5.92 Å². The van der Waals surface area contributed by atoms with Crippen molar-refractivity contribution >= 4 is 39.4 Å². The molecular weight excluding hydrogens is 346 g/mol. The van der Waals surface area contributed by atoms with Crippen LogP contribution in [0.4, 0.5) is 0 Å². The number of carboxylic acid groups (broad SMARTS) is 1. The van der Waals surface area contributed by atoms with Gasteiger partial charge in [-0.3, -0.25) is 9.59 Å². The molecule has 0 saturated carbocycles. The van der Waals surface area contributed by atoms with Crippen LogP contribution < -0.4 is 0 Å². The molecule has 0 radical (unpaired) electrons. The number of benzene rings is 1. The molecule has 1 saturated heterocycles. The summed E-state index contributed by atoms with van der Waals surface area (Å²) in [5.41, 5.74) is 0.740. The van der Waals surface area contributed by atoms with Crippen LogP contribution >= 0.6 is 27.5 Å². The minimum absolute atomic E-state index is 0.0249. The molecule has 1 N–H and O–H groups in total. The molecule has 1 heterocycles. The normalized spacial score (nSPS) is 22.6. The molecule has 1 aliphatic rings. The predicted molar refractivity (Wildman–Crippen MR) is 79.6 cm³/mol. The quantitative estimate of drug-likeness (QED) is 0.897. The minimum Gasteiger partial charge on any atom is -0.481 e. The fourth-order valence-corrected chi connectivity index (χ4v) is 3.36. The molecule has 1 amide bonds. The van der Waals surface area contributed by atoms with Crippen molar-refractivity contribution in [3.63, 3.8) is 0 Å². The van der Waals surface area contributed by atoms with Crippen molar-refractivity contribution in [2.75, 3.05) is 0 Å². The summed E-state index contributed by atoms with van der Waals surface area (Å²) in [6.45, 7) is 3.77. The number of nitrogens with zero attached hydrogens (tertiary/aromatic N) is 1. The molecule has 1 aromatic rings. The lowest BCUT2D eigenvalue weighted by molar-refractivity contribution is -0.142. The third kappa shape index (κ3) is 2.69. The molecule has 108 valence electrons. The summed E-state index contributed by atoms with van der Waals surface area (Å²) in [4.78, 5) is 25.2. The van der Waals surface area contributed by atoms with Crippen LogP contribution in [-0.2, 0) is 9.59 Å². The third-order valence-corrected chi connectivity index (χ3v) is 4.47. The molecule has 1 aliphatic heterocycles. The van der Waals surface area contributed by atoms with Gasteiger partial charge in [-0.1, -0.05) is 27.5 Å². The van der Waals surface area contributed by atoms with Crippen molar-refractivity contribution in [1.29, 1.82) is 0 Å². The molecule has 4 nitrogen and oxygen atoms in total. The Labute approximate surface area is 130 Å². The Bertz CT molecular complexity index is 561. The highest BCUT2D eigenvalue weighted by Gasteiger charge is 2.46. The number of carbonyl (C=O) groups excluding carboxylic acids is 1. The van der Waals surface area contributed by atoms with Gasteiger partial charge in [0.15, 0.2) is 0 Å². The van der Waals surface area contributed by atoms with Gasteiger partial charge in [0.2, 0.25) is 5.91 Å². The van der Waals surface area contributed by atoms with E-state index < -0.39 is 17.9 Å². The second-order valence-corrected chi connectivity index (χ2v) is 6.45. The number of carbonyl (C=O) groups is 2. The second kappa shape index (κ2) is 5.74. The maximum absolute atomic E-state index is 12.1. The van der Waals surface area contributed by atoms with Crippen LogP contribution in [0.15, 0.2) is 22.7 Å². The van der Waals surface area contributed by atoms with Crippen LogP contribution in [0.2, 0.25) is 5.02 Å². The van der Waals surface area contributed by atoms with Gasteiger partial charge < -0.3 is 10.0 Å². The Morgan fingerprint density at radius 2 is 2.15 bits per heavy atom. The van der Waals surface area contributed by atoms with Gasteiger partial charge in [-0.15, -0.1) is 0 Å². The van der Waals surface area contributed by atoms with Crippen LogP contribution in [0.25, 0.3) is 0 Å². The fraction of sp³-hybridized carbons (Fsp3) is 0.429. The summed E-state index contributed by atoms with van der Waals surface area (Å²) in [5.74, 6) is -1.85. The van der Waals surface area contributed by atoms with Crippen molar-refractivity contribution < 1.29 is 14.7 Å². The van der Waals surface area contributed by atoms with Crippen molar-refractivity contribution in [3.8, 4) is 0 Å². The molecule has 0 aliphatic carbocycles. The molecule has 1 fully saturated rings. The first-order valence-electron chi connectivity index (χ1n) is 6.32. The Kier molecular flexibility index (Phi) is 4.39. The molecule has 2 rings (SSSR count). The minimum atomic E-state index is -0.960. The summed E-state index contributed by atoms with van der Waals surface area (Å²) in [5, 5.41) is 9.92. The molecule has 0 bridgehead atoms. The average molecular weight is 361 g/mol. The van der Waals surface area contributed by atoms with Gasteiger partial charge in [0.1, 0.15) is 0 Å². The van der Waals surface area contributed by atoms with E-state index in [0.717, 1.165) is 10.0 Å². The van der Waals surface area contributed by atoms with Crippen molar-refractivity contribution in [2.45, 2.75) is 32.4 Å². The summed E-state index contributed by atoms with van der Waals surface area (Å²) in [6.07, 6.45) is 0.0249. The Balaban J connectivity index is 2.54. The molecule has 20 heavy (non-hydrogen) atoms. The van der Waals surface area contributed by atoms with Gasteiger partial charge in [-0.25, -0.2) is 0 Å². The number of hydrogen-bond donors (Lipinski definition) is 1. The number of carboxylic acids is 1. The number of amides is 1. The SMILES string of the molecule is CC(C)N1C(=O)CC(C(=O)O)C1c1cc(Cl)ccc1Br. The molecular formula is C14H15BrClNO3. The Hall–Kier alpha value is -1.07. The first-order chi connectivity index (χ1) is 9.32. The molecule has 1 aromatic carbocycles. The van der Waals surface area contributed by atoms with Crippen LogP contribution in [0.3, 0.4) is 0 Å². The third-order valence-electron chi connectivity index (χ3n) is 3.51. The van der Waals surface area contributed by atoms with E-state index in [2.05, 4.69) is 15.9 Å². The lowest BCUT2D eigenvalue weighted by atomic mass is 9.93. The van der Waals surface area contributed by atoms with Crippen molar-refractivity contribution in [1.82, 2.24) is 4.90 Å². The van der Waals surface area contributed by atoms with Crippen LogP contribution in [0.1, 0.15) is 31.9 Å². The summed E-state index contributed by atoms with van der Waals surface area (Å²) in [6, 6.07) is 4.66. The van der Waals surface area contributed by atoms with E-state index in [1.165, 1.54) is 0 Å². The lowest BCUT2D eigenvalue weighted by Crippen LogP contribution is -2.36. The number of rotatable bonds is 3. The largest absolute Gasteiger partial charge is 0.481 e. The van der Waals surface area contributed by atoms with Gasteiger partial charge in [0, 0.05) is 22.0 Å². The first-order valence-corrected chi connectivity index (χ1v) is 7.49. The van der Waals surface area contributed by atoms with Gasteiger partial charge in [-0.05, 0) is 37.6 Å². The Morgan fingerprint density at radius 3 is 2.70 bits per heavy atom. The second-order valence-electron chi connectivity index (χ2n) is 5.15. The van der Waals surface area contributed by atoms with Gasteiger partial charge >= 0.3 is 5.97 Å². The number of hydrogen-bond acceptors (Lipinski definition) is 2. The first kappa shape index (κ1) is 15.3. The molecule has 0 spiro atoms. The van der Waals surface area contributed by atoms with Crippen molar-refractivity contribution in [3.05, 3.63) is 33.3 Å². The topological polar surface area (TPSA) is 57.6 Å². The summed E-state index contributed by atoms with van der Waals surface area (Å²) < 4.78 is 0.763. The molecule has 6 heteroatoms. The predicted octanol–water partition coefficient (Wildman–Crippen LogP) is 3.49. The smallest absolute Gasteiger partial charge is 0.309 e.